The van der Waals surface area contributed by atoms with Gasteiger partial charge in [0.2, 0.25) is 0 Å². The number of nitrogens with one attached hydrogen (secondary N) is 1. The molecule has 2 fully saturated rings. The van der Waals surface area contributed by atoms with Crippen molar-refractivity contribution < 1.29 is 0 Å². The van der Waals surface area contributed by atoms with E-state index in [2.05, 4.69) is 53.3 Å². The molecule has 0 radical (unpaired) electrons. The van der Waals surface area contributed by atoms with Crippen LogP contribution in [0.5, 0.6) is 0 Å². The molecule has 2 saturated carbocycles. The molecule has 2 aliphatic rings. The highest BCUT2D eigenvalue weighted by Gasteiger charge is 2.40. The van der Waals surface area contributed by atoms with Gasteiger partial charge in [0.15, 0.2) is 0 Å². The Kier molecular flexibility index (Phi) is 5.06. The van der Waals surface area contributed by atoms with Gasteiger partial charge in [-0.05, 0) is 75.0 Å². The van der Waals surface area contributed by atoms with Gasteiger partial charge in [-0.2, -0.15) is 0 Å². The first-order valence-corrected chi connectivity index (χ1v) is 9.46. The van der Waals surface area contributed by atoms with Gasteiger partial charge in [-0.3, -0.25) is 0 Å². The lowest BCUT2D eigenvalue weighted by molar-refractivity contribution is 0.279. The van der Waals surface area contributed by atoms with E-state index in [-0.39, 0.29) is 0 Å². The summed E-state index contributed by atoms with van der Waals surface area (Å²) in [5.41, 5.74) is 2.83. The second-order valence-corrected chi connectivity index (χ2v) is 8.06. The maximum absolute atomic E-state index is 3.81. The van der Waals surface area contributed by atoms with E-state index in [4.69, 9.17) is 0 Å². The minimum Gasteiger partial charge on any atom is -0.310 e. The Morgan fingerprint density at radius 3 is 2.81 bits per heavy atom. The third-order valence-corrected chi connectivity index (χ3v) is 6.31. The molecule has 116 valence electrons. The number of fused-ring (bicyclic) bond motifs is 2. The van der Waals surface area contributed by atoms with Crippen molar-refractivity contribution in [2.45, 2.75) is 58.4 Å². The summed E-state index contributed by atoms with van der Waals surface area (Å²) in [6.07, 6.45) is 8.52. The van der Waals surface area contributed by atoms with Gasteiger partial charge in [-0.15, -0.1) is 0 Å². The normalized spacial score (nSPS) is 29.0. The predicted molar refractivity (Wildman–Crippen MR) is 93.5 cm³/mol. The van der Waals surface area contributed by atoms with Crippen LogP contribution in [0.25, 0.3) is 0 Å². The van der Waals surface area contributed by atoms with E-state index < -0.39 is 0 Å². The summed E-state index contributed by atoms with van der Waals surface area (Å²) in [5.74, 6) is 3.02. The zero-order chi connectivity index (χ0) is 14.8. The molecule has 1 aromatic rings. The highest BCUT2D eigenvalue weighted by Crippen LogP contribution is 2.51. The zero-order valence-electron chi connectivity index (χ0n) is 13.4. The zero-order valence-corrected chi connectivity index (χ0v) is 15.0. The Hall–Kier alpha value is -0.340. The van der Waals surface area contributed by atoms with Crippen molar-refractivity contribution in [2.75, 3.05) is 6.54 Å². The van der Waals surface area contributed by atoms with Gasteiger partial charge in [-0.1, -0.05) is 47.0 Å². The van der Waals surface area contributed by atoms with Crippen molar-refractivity contribution in [1.29, 1.82) is 0 Å². The van der Waals surface area contributed by atoms with Gasteiger partial charge in [0.25, 0.3) is 0 Å². The third kappa shape index (κ3) is 3.53. The minimum atomic E-state index is 0.517. The van der Waals surface area contributed by atoms with E-state index in [9.17, 15) is 0 Å². The van der Waals surface area contributed by atoms with Crippen LogP contribution in [0, 0.1) is 24.7 Å². The van der Waals surface area contributed by atoms with Crippen LogP contribution in [-0.2, 0) is 0 Å². The van der Waals surface area contributed by atoms with Crippen LogP contribution in [0.15, 0.2) is 22.7 Å². The highest BCUT2D eigenvalue weighted by molar-refractivity contribution is 9.10. The van der Waals surface area contributed by atoms with Crippen LogP contribution in [0.2, 0.25) is 0 Å². The number of hydrogen-bond acceptors (Lipinski definition) is 1. The maximum atomic E-state index is 3.81. The summed E-state index contributed by atoms with van der Waals surface area (Å²) in [4.78, 5) is 0. The van der Waals surface area contributed by atoms with Crippen molar-refractivity contribution in [3.63, 3.8) is 0 Å². The fourth-order valence-electron chi connectivity index (χ4n) is 4.54. The molecular formula is C19H28BrN. The first kappa shape index (κ1) is 15.6. The second-order valence-electron chi connectivity index (χ2n) is 7.20. The van der Waals surface area contributed by atoms with Crippen molar-refractivity contribution in [3.8, 4) is 0 Å². The molecule has 21 heavy (non-hydrogen) atoms. The van der Waals surface area contributed by atoms with E-state index in [1.54, 1.807) is 0 Å². The average molecular weight is 350 g/mol. The van der Waals surface area contributed by atoms with E-state index in [0.717, 1.165) is 24.3 Å². The molecule has 0 aliphatic heterocycles. The second kappa shape index (κ2) is 6.83. The standard InChI is InChI=1S/C19H28BrN/c1-3-8-21-19(17-9-13(2)4-7-18(17)20)12-16-11-14-5-6-15(16)10-14/h4,7,9,14-16,19,21H,3,5-6,8,10-12H2,1-2H3. The average Bonchev–Trinajstić information content (AvgIpc) is 3.08. The molecule has 0 amide bonds. The lowest BCUT2D eigenvalue weighted by Gasteiger charge is -2.28. The molecule has 0 spiro atoms. The molecule has 4 atom stereocenters. The SMILES string of the molecule is CCCNC(CC1CC2CCC1C2)c1cc(C)ccc1Br. The van der Waals surface area contributed by atoms with Crippen LogP contribution in [0.3, 0.4) is 0 Å². The Morgan fingerprint density at radius 1 is 1.29 bits per heavy atom. The van der Waals surface area contributed by atoms with Crippen molar-refractivity contribution in [1.82, 2.24) is 5.32 Å². The van der Waals surface area contributed by atoms with Crippen LogP contribution >= 0.6 is 15.9 Å². The van der Waals surface area contributed by atoms with Gasteiger partial charge in [-0.25, -0.2) is 0 Å². The molecular weight excluding hydrogens is 322 g/mol. The number of aryl methyl sites for hydroxylation is 1. The molecule has 0 saturated heterocycles. The van der Waals surface area contributed by atoms with Crippen molar-refractivity contribution in [3.05, 3.63) is 33.8 Å². The Labute approximate surface area is 138 Å². The number of halogens is 1. The van der Waals surface area contributed by atoms with Gasteiger partial charge < -0.3 is 5.32 Å². The van der Waals surface area contributed by atoms with Crippen LogP contribution in [-0.4, -0.2) is 6.54 Å². The van der Waals surface area contributed by atoms with E-state index >= 15 is 0 Å². The monoisotopic (exact) mass is 349 g/mol. The lowest BCUT2D eigenvalue weighted by Crippen LogP contribution is -2.26. The molecule has 0 aromatic heterocycles. The number of benzene rings is 1. The van der Waals surface area contributed by atoms with E-state index in [0.29, 0.717) is 6.04 Å². The summed E-state index contributed by atoms with van der Waals surface area (Å²) < 4.78 is 1.27. The van der Waals surface area contributed by atoms with Gasteiger partial charge >= 0.3 is 0 Å². The summed E-state index contributed by atoms with van der Waals surface area (Å²) in [6.45, 7) is 5.57. The van der Waals surface area contributed by atoms with Crippen LogP contribution < -0.4 is 5.32 Å². The van der Waals surface area contributed by atoms with Crippen LogP contribution in [0.4, 0.5) is 0 Å². The lowest BCUT2D eigenvalue weighted by atomic mass is 9.82. The fraction of sp³-hybridized carbons (Fsp3) is 0.684. The first-order chi connectivity index (χ1) is 10.2. The fourth-order valence-corrected chi connectivity index (χ4v) is 5.06. The number of rotatable bonds is 6. The van der Waals surface area contributed by atoms with E-state index in [1.165, 1.54) is 54.1 Å². The van der Waals surface area contributed by atoms with Crippen molar-refractivity contribution in [2.24, 2.45) is 17.8 Å². The Balaban J connectivity index is 1.75. The predicted octanol–water partition coefficient (Wildman–Crippen LogP) is 5.62. The Morgan fingerprint density at radius 2 is 2.14 bits per heavy atom. The summed E-state index contributed by atoms with van der Waals surface area (Å²) in [6, 6.07) is 7.29. The molecule has 2 heteroatoms. The molecule has 1 aromatic carbocycles. The van der Waals surface area contributed by atoms with Gasteiger partial charge in [0.05, 0.1) is 0 Å². The largest absolute Gasteiger partial charge is 0.310 e. The topological polar surface area (TPSA) is 12.0 Å². The molecule has 1 N–H and O–H groups in total. The first-order valence-electron chi connectivity index (χ1n) is 8.66. The molecule has 2 bridgehead atoms. The van der Waals surface area contributed by atoms with Crippen LogP contribution in [0.1, 0.15) is 62.6 Å². The number of hydrogen-bond donors (Lipinski definition) is 1. The summed E-state index contributed by atoms with van der Waals surface area (Å²) >= 11 is 3.77. The summed E-state index contributed by atoms with van der Waals surface area (Å²) in [7, 11) is 0. The van der Waals surface area contributed by atoms with Crippen molar-refractivity contribution >= 4 is 15.9 Å². The van der Waals surface area contributed by atoms with Gasteiger partial charge in [0, 0.05) is 10.5 Å². The highest BCUT2D eigenvalue weighted by atomic mass is 79.9. The molecule has 1 nitrogen and oxygen atoms in total. The molecule has 2 aliphatic carbocycles. The quantitative estimate of drug-likeness (QED) is 0.702. The molecule has 0 heterocycles. The smallest absolute Gasteiger partial charge is 0.0334 e. The maximum Gasteiger partial charge on any atom is 0.0334 e. The molecule has 3 rings (SSSR count). The minimum absolute atomic E-state index is 0.517. The summed E-state index contributed by atoms with van der Waals surface area (Å²) in [5, 5.41) is 3.81. The van der Waals surface area contributed by atoms with E-state index in [1.807, 2.05) is 0 Å². The molecule has 4 unspecified atom stereocenters. The Bertz CT molecular complexity index is 484. The van der Waals surface area contributed by atoms with Gasteiger partial charge in [0.1, 0.15) is 0 Å². The third-order valence-electron chi connectivity index (χ3n) is 5.59.